The lowest BCUT2D eigenvalue weighted by atomic mass is 10.2. The van der Waals surface area contributed by atoms with Crippen LogP contribution in [0.1, 0.15) is 16.9 Å². The van der Waals surface area contributed by atoms with Gasteiger partial charge in [0.05, 0.1) is 6.42 Å². The van der Waals surface area contributed by atoms with Gasteiger partial charge in [0.1, 0.15) is 11.8 Å². The van der Waals surface area contributed by atoms with E-state index < -0.39 is 17.9 Å². The lowest BCUT2D eigenvalue weighted by molar-refractivity contribution is -0.137. The van der Waals surface area contributed by atoms with Crippen LogP contribution in [-0.2, 0) is 9.59 Å². The lowest BCUT2D eigenvalue weighted by Gasteiger charge is -2.11. The minimum atomic E-state index is -0.892. The summed E-state index contributed by atoms with van der Waals surface area (Å²) < 4.78 is 0. The molecule has 0 radical (unpaired) electrons. The number of pyridine rings is 1. The number of carbonyl (C=O) groups is 3. The van der Waals surface area contributed by atoms with Gasteiger partial charge < -0.3 is 10.4 Å². The first-order chi connectivity index (χ1) is 8.50. The molecule has 0 spiro atoms. The maximum absolute atomic E-state index is 11.8. The summed E-state index contributed by atoms with van der Waals surface area (Å²) in [6.07, 6.45) is 1.27. The molecule has 1 aromatic rings. The molecule has 0 aliphatic carbocycles. The highest BCUT2D eigenvalue weighted by molar-refractivity contribution is 6.08. The molecule has 2 rings (SSSR count). The van der Waals surface area contributed by atoms with Crippen LogP contribution in [0.4, 0.5) is 0 Å². The fourth-order valence-corrected chi connectivity index (χ4v) is 1.67. The highest BCUT2D eigenvalue weighted by Crippen LogP contribution is 2.15. The van der Waals surface area contributed by atoms with Crippen molar-refractivity contribution < 1.29 is 19.5 Å². The number of hydrogen-bond acceptors (Lipinski definition) is 5. The zero-order valence-corrected chi connectivity index (χ0v) is 9.58. The van der Waals surface area contributed by atoms with Gasteiger partial charge in [0.25, 0.3) is 11.8 Å². The Morgan fingerprint density at radius 1 is 1.56 bits per heavy atom. The molecule has 7 nitrogen and oxygen atoms in total. The zero-order valence-electron chi connectivity index (χ0n) is 9.58. The Balaban J connectivity index is 2.12. The highest BCUT2D eigenvalue weighted by Gasteiger charge is 2.37. The third-order valence-corrected chi connectivity index (χ3v) is 2.69. The molecular formula is C11H11N3O4. The minimum Gasteiger partial charge on any atom is -0.505 e. The number of rotatable bonds is 2. The zero-order chi connectivity index (χ0) is 13.3. The van der Waals surface area contributed by atoms with E-state index in [0.29, 0.717) is 0 Å². The summed E-state index contributed by atoms with van der Waals surface area (Å²) in [5, 5.41) is 11.8. The number of nitrogens with one attached hydrogen (secondary N) is 1. The van der Waals surface area contributed by atoms with Gasteiger partial charge in [0.15, 0.2) is 5.69 Å². The van der Waals surface area contributed by atoms with Crippen LogP contribution in [0, 0.1) is 0 Å². The van der Waals surface area contributed by atoms with Crippen molar-refractivity contribution in [2.75, 3.05) is 7.05 Å². The number of imide groups is 1. The predicted octanol–water partition coefficient (Wildman–Crippen LogP) is -0.726. The number of likely N-dealkylation sites (N-methyl/N-ethyl adjacent to an activating group) is 1. The first-order valence-electron chi connectivity index (χ1n) is 5.26. The van der Waals surface area contributed by atoms with Crippen molar-refractivity contribution in [2.45, 2.75) is 12.5 Å². The van der Waals surface area contributed by atoms with Crippen LogP contribution in [0.15, 0.2) is 18.3 Å². The van der Waals surface area contributed by atoms with Crippen molar-refractivity contribution in [1.82, 2.24) is 15.2 Å². The summed E-state index contributed by atoms with van der Waals surface area (Å²) in [6, 6.07) is 1.90. The van der Waals surface area contributed by atoms with Crippen molar-refractivity contribution in [3.63, 3.8) is 0 Å². The third-order valence-electron chi connectivity index (χ3n) is 2.69. The normalized spacial score (nSPS) is 19.2. The second-order valence-electron chi connectivity index (χ2n) is 3.89. The molecule has 2 N–H and O–H groups in total. The molecule has 1 atom stereocenters. The summed E-state index contributed by atoms with van der Waals surface area (Å²) in [4.78, 5) is 39.3. The van der Waals surface area contributed by atoms with Gasteiger partial charge >= 0.3 is 0 Å². The summed E-state index contributed by atoms with van der Waals surface area (Å²) in [7, 11) is 1.36. The summed E-state index contributed by atoms with van der Waals surface area (Å²) in [5.74, 6) is -1.78. The number of nitrogens with zero attached hydrogens (tertiary/aromatic N) is 2. The SMILES string of the molecule is CN1C(=O)CC(NC(=O)c2ncccc2O)C1=O. The van der Waals surface area contributed by atoms with Crippen LogP contribution in [0.25, 0.3) is 0 Å². The number of hydrogen-bond donors (Lipinski definition) is 2. The van der Waals surface area contributed by atoms with E-state index in [9.17, 15) is 19.5 Å². The van der Waals surface area contributed by atoms with E-state index in [4.69, 9.17) is 0 Å². The van der Waals surface area contributed by atoms with Crippen molar-refractivity contribution in [1.29, 1.82) is 0 Å². The Kier molecular flexibility index (Phi) is 2.97. The first-order valence-corrected chi connectivity index (χ1v) is 5.26. The van der Waals surface area contributed by atoms with Gasteiger partial charge in [-0.2, -0.15) is 0 Å². The number of aromatic nitrogens is 1. The summed E-state index contributed by atoms with van der Waals surface area (Å²) in [6.45, 7) is 0. The van der Waals surface area contributed by atoms with E-state index in [2.05, 4.69) is 10.3 Å². The fourth-order valence-electron chi connectivity index (χ4n) is 1.67. The van der Waals surface area contributed by atoms with Gasteiger partial charge in [0, 0.05) is 13.2 Å². The lowest BCUT2D eigenvalue weighted by Crippen LogP contribution is -2.40. The van der Waals surface area contributed by atoms with Crippen LogP contribution in [0.3, 0.4) is 0 Å². The van der Waals surface area contributed by atoms with Gasteiger partial charge in [-0.1, -0.05) is 0 Å². The number of aromatic hydroxyl groups is 1. The van der Waals surface area contributed by atoms with Crippen molar-refractivity contribution in [2.24, 2.45) is 0 Å². The molecule has 1 unspecified atom stereocenters. The molecule has 0 bridgehead atoms. The molecule has 1 aliphatic heterocycles. The number of carbonyl (C=O) groups excluding carboxylic acids is 3. The second kappa shape index (κ2) is 4.44. The molecule has 1 aromatic heterocycles. The Morgan fingerprint density at radius 3 is 2.83 bits per heavy atom. The summed E-state index contributed by atoms with van der Waals surface area (Å²) >= 11 is 0. The second-order valence-corrected chi connectivity index (χ2v) is 3.89. The molecule has 0 saturated carbocycles. The van der Waals surface area contributed by atoms with Crippen LogP contribution < -0.4 is 5.32 Å². The average Bonchev–Trinajstić information content (AvgIpc) is 2.57. The van der Waals surface area contributed by atoms with Gasteiger partial charge in [-0.15, -0.1) is 0 Å². The Hall–Kier alpha value is -2.44. The quantitative estimate of drug-likeness (QED) is 0.673. The van der Waals surface area contributed by atoms with Gasteiger partial charge in [0.2, 0.25) is 5.91 Å². The van der Waals surface area contributed by atoms with E-state index in [0.717, 1.165) is 4.90 Å². The monoisotopic (exact) mass is 249 g/mol. The van der Waals surface area contributed by atoms with Gasteiger partial charge in [-0.3, -0.25) is 19.3 Å². The standard InChI is InChI=1S/C11H11N3O4/c1-14-8(16)5-6(11(14)18)13-10(17)9-7(15)3-2-4-12-9/h2-4,6,15H,5H2,1H3,(H,13,17). The van der Waals surface area contributed by atoms with E-state index in [-0.39, 0.29) is 23.8 Å². The predicted molar refractivity (Wildman–Crippen MR) is 59.6 cm³/mol. The smallest absolute Gasteiger partial charge is 0.274 e. The van der Waals surface area contributed by atoms with Crippen molar-refractivity contribution >= 4 is 17.7 Å². The van der Waals surface area contributed by atoms with E-state index >= 15 is 0 Å². The molecule has 0 aromatic carbocycles. The Morgan fingerprint density at radius 2 is 2.28 bits per heavy atom. The van der Waals surface area contributed by atoms with Crippen molar-refractivity contribution in [3.05, 3.63) is 24.0 Å². The topological polar surface area (TPSA) is 99.6 Å². The molecule has 3 amide bonds. The average molecular weight is 249 g/mol. The molecule has 18 heavy (non-hydrogen) atoms. The number of amides is 3. The highest BCUT2D eigenvalue weighted by atomic mass is 16.3. The summed E-state index contributed by atoms with van der Waals surface area (Å²) in [5.41, 5.74) is -0.174. The van der Waals surface area contributed by atoms with Crippen molar-refractivity contribution in [3.8, 4) is 5.75 Å². The largest absolute Gasteiger partial charge is 0.505 e. The van der Waals surface area contributed by atoms with Crippen LogP contribution in [0.2, 0.25) is 0 Å². The molecule has 1 saturated heterocycles. The fraction of sp³-hybridized carbons (Fsp3) is 0.273. The van der Waals surface area contributed by atoms with Gasteiger partial charge in [-0.05, 0) is 12.1 Å². The molecule has 94 valence electrons. The van der Waals surface area contributed by atoms with Crippen LogP contribution in [0.5, 0.6) is 5.75 Å². The molecule has 7 heteroatoms. The van der Waals surface area contributed by atoms with Gasteiger partial charge in [-0.25, -0.2) is 4.98 Å². The van der Waals surface area contributed by atoms with Crippen LogP contribution in [-0.4, -0.2) is 45.8 Å². The first kappa shape index (κ1) is 12.0. The minimum absolute atomic E-state index is 0.0747. The Bertz CT molecular complexity index is 529. The maximum atomic E-state index is 11.8. The van der Waals surface area contributed by atoms with Crippen LogP contribution >= 0.6 is 0 Å². The molecule has 1 aliphatic rings. The Labute approximate surface area is 102 Å². The third kappa shape index (κ3) is 2.02. The number of likely N-dealkylation sites (tertiary alicyclic amines) is 1. The van der Waals surface area contributed by atoms with E-state index in [1.807, 2.05) is 0 Å². The molecule has 1 fully saturated rings. The van der Waals surface area contributed by atoms with E-state index in [1.165, 1.54) is 25.4 Å². The van der Waals surface area contributed by atoms with E-state index in [1.54, 1.807) is 0 Å². The maximum Gasteiger partial charge on any atom is 0.274 e. The molecule has 2 heterocycles. The molecular weight excluding hydrogens is 238 g/mol.